The van der Waals surface area contributed by atoms with Gasteiger partial charge in [0.2, 0.25) is 5.91 Å². The Morgan fingerprint density at radius 1 is 1.29 bits per heavy atom. The van der Waals surface area contributed by atoms with E-state index in [2.05, 4.69) is 37.2 Å². The Morgan fingerprint density at radius 2 is 1.82 bits per heavy atom. The third-order valence-electron chi connectivity index (χ3n) is 2.18. The molecule has 0 heterocycles. The highest BCUT2D eigenvalue weighted by atomic mass is 79.9. The van der Waals surface area contributed by atoms with Crippen molar-refractivity contribution in [3.8, 4) is 0 Å². The Bertz CT molecular complexity index is 429. The van der Waals surface area contributed by atoms with Gasteiger partial charge < -0.3 is 11.1 Å². The number of hydrogen-bond donors (Lipinski definition) is 2. The molecule has 0 bridgehead atoms. The van der Waals surface area contributed by atoms with Crippen molar-refractivity contribution in [2.45, 2.75) is 19.4 Å². The average molecular weight is 364 g/mol. The second-order valence-electron chi connectivity index (χ2n) is 3.49. The lowest BCUT2D eigenvalue weighted by molar-refractivity contribution is -0.119. The van der Waals surface area contributed by atoms with Gasteiger partial charge in [0.15, 0.2) is 0 Å². The minimum Gasteiger partial charge on any atom is -0.368 e. The van der Waals surface area contributed by atoms with Crippen molar-refractivity contribution >= 4 is 43.7 Å². The van der Waals surface area contributed by atoms with Crippen LogP contribution in [0.3, 0.4) is 0 Å². The van der Waals surface area contributed by atoms with Gasteiger partial charge in [-0.05, 0) is 24.6 Å². The third kappa shape index (κ3) is 4.12. The number of carbonyl (C=O) groups is 2. The third-order valence-corrected chi connectivity index (χ3v) is 3.10. The number of nitrogens with one attached hydrogen (secondary N) is 1. The Hall–Kier alpha value is -0.880. The Labute approximate surface area is 116 Å². The molecule has 6 heteroatoms. The van der Waals surface area contributed by atoms with Gasteiger partial charge in [-0.2, -0.15) is 0 Å². The van der Waals surface area contributed by atoms with Crippen LogP contribution in [0.5, 0.6) is 0 Å². The van der Waals surface area contributed by atoms with E-state index in [0.29, 0.717) is 12.0 Å². The molecule has 3 N–H and O–H groups in total. The molecule has 2 amide bonds. The molecule has 0 aromatic heterocycles. The summed E-state index contributed by atoms with van der Waals surface area (Å²) >= 11 is 6.58. The Morgan fingerprint density at radius 3 is 2.24 bits per heavy atom. The van der Waals surface area contributed by atoms with Crippen LogP contribution in [0.1, 0.15) is 23.7 Å². The summed E-state index contributed by atoms with van der Waals surface area (Å²) in [7, 11) is 0. The van der Waals surface area contributed by atoms with Gasteiger partial charge in [0.05, 0.1) is 0 Å². The number of benzene rings is 1. The molecule has 4 nitrogen and oxygen atoms in total. The van der Waals surface area contributed by atoms with Crippen molar-refractivity contribution in [2.24, 2.45) is 5.73 Å². The monoisotopic (exact) mass is 362 g/mol. The minimum absolute atomic E-state index is 0.322. The van der Waals surface area contributed by atoms with Crippen LogP contribution in [0.4, 0.5) is 0 Å². The SMILES string of the molecule is CC[C@@H](NC(=O)c1cc(Br)cc(Br)c1)C(N)=O. The van der Waals surface area contributed by atoms with E-state index in [1.807, 2.05) is 6.07 Å². The standard InChI is InChI=1S/C11H12Br2N2O2/c1-2-9(10(14)16)15-11(17)6-3-7(12)5-8(13)4-6/h3-5,9H,2H2,1H3,(H2,14,16)(H,15,17)/t9-/m1/s1. The first-order chi connectivity index (χ1) is 7.93. The molecule has 1 rings (SSSR count). The van der Waals surface area contributed by atoms with Gasteiger partial charge in [-0.25, -0.2) is 0 Å². The number of carbonyl (C=O) groups excluding carboxylic acids is 2. The molecule has 92 valence electrons. The molecule has 0 saturated heterocycles. The van der Waals surface area contributed by atoms with Gasteiger partial charge in [0.1, 0.15) is 6.04 Å². The van der Waals surface area contributed by atoms with E-state index in [1.54, 1.807) is 19.1 Å². The molecule has 0 fully saturated rings. The van der Waals surface area contributed by atoms with Crippen molar-refractivity contribution in [3.05, 3.63) is 32.7 Å². The molecular formula is C11H12Br2N2O2. The van der Waals surface area contributed by atoms with Crippen LogP contribution in [0.2, 0.25) is 0 Å². The van der Waals surface area contributed by atoms with Gasteiger partial charge >= 0.3 is 0 Å². The number of rotatable bonds is 4. The molecule has 0 aliphatic heterocycles. The molecule has 0 saturated carbocycles. The van der Waals surface area contributed by atoms with Crippen molar-refractivity contribution in [2.75, 3.05) is 0 Å². The summed E-state index contributed by atoms with van der Waals surface area (Å²) in [5.41, 5.74) is 5.63. The molecular weight excluding hydrogens is 352 g/mol. The van der Waals surface area contributed by atoms with Crippen LogP contribution in [0.15, 0.2) is 27.1 Å². The highest BCUT2D eigenvalue weighted by Gasteiger charge is 2.17. The lowest BCUT2D eigenvalue weighted by atomic mass is 10.1. The highest BCUT2D eigenvalue weighted by Crippen LogP contribution is 2.20. The zero-order valence-corrected chi connectivity index (χ0v) is 12.3. The number of halogens is 2. The van der Waals surface area contributed by atoms with Crippen LogP contribution in [0.25, 0.3) is 0 Å². The van der Waals surface area contributed by atoms with Crippen molar-refractivity contribution in [1.82, 2.24) is 5.32 Å². The first-order valence-corrected chi connectivity index (χ1v) is 6.59. The fraction of sp³-hybridized carbons (Fsp3) is 0.273. The summed E-state index contributed by atoms with van der Waals surface area (Å²) in [6, 6.07) is 4.53. The van der Waals surface area contributed by atoms with E-state index in [0.717, 1.165) is 8.95 Å². The van der Waals surface area contributed by atoms with Crippen LogP contribution in [-0.4, -0.2) is 17.9 Å². The van der Waals surface area contributed by atoms with Crippen LogP contribution < -0.4 is 11.1 Å². The van der Waals surface area contributed by atoms with Gasteiger partial charge in [-0.3, -0.25) is 9.59 Å². The normalized spacial score (nSPS) is 11.9. The summed E-state index contributed by atoms with van der Waals surface area (Å²) in [6.45, 7) is 1.78. The maximum absolute atomic E-state index is 11.9. The van der Waals surface area contributed by atoms with E-state index in [1.165, 1.54) is 0 Å². The topological polar surface area (TPSA) is 72.2 Å². The zero-order valence-electron chi connectivity index (χ0n) is 9.17. The maximum atomic E-state index is 11.9. The van der Waals surface area contributed by atoms with E-state index < -0.39 is 11.9 Å². The largest absolute Gasteiger partial charge is 0.368 e. The number of amides is 2. The van der Waals surface area contributed by atoms with Gasteiger partial charge in [-0.1, -0.05) is 38.8 Å². The highest BCUT2D eigenvalue weighted by molar-refractivity contribution is 9.11. The molecule has 0 spiro atoms. The van der Waals surface area contributed by atoms with Crippen LogP contribution in [-0.2, 0) is 4.79 Å². The molecule has 0 aliphatic rings. The summed E-state index contributed by atoms with van der Waals surface area (Å²) in [5.74, 6) is -0.854. The summed E-state index contributed by atoms with van der Waals surface area (Å²) in [4.78, 5) is 22.9. The molecule has 0 aliphatic carbocycles. The predicted molar refractivity (Wildman–Crippen MR) is 72.6 cm³/mol. The lowest BCUT2D eigenvalue weighted by Crippen LogP contribution is -2.43. The van der Waals surface area contributed by atoms with Crippen molar-refractivity contribution in [1.29, 1.82) is 0 Å². The van der Waals surface area contributed by atoms with E-state index >= 15 is 0 Å². The van der Waals surface area contributed by atoms with Gasteiger partial charge in [-0.15, -0.1) is 0 Å². The summed E-state index contributed by atoms with van der Waals surface area (Å²) in [5, 5.41) is 2.58. The van der Waals surface area contributed by atoms with Gasteiger partial charge in [0.25, 0.3) is 5.91 Å². The average Bonchev–Trinajstić information content (AvgIpc) is 2.23. The lowest BCUT2D eigenvalue weighted by Gasteiger charge is -2.13. The van der Waals surface area contributed by atoms with E-state index in [9.17, 15) is 9.59 Å². The Kier molecular flexibility index (Phi) is 5.14. The van der Waals surface area contributed by atoms with E-state index in [4.69, 9.17) is 5.73 Å². The second-order valence-corrected chi connectivity index (χ2v) is 5.33. The molecule has 0 unspecified atom stereocenters. The molecule has 1 aromatic rings. The summed E-state index contributed by atoms with van der Waals surface area (Å²) < 4.78 is 1.56. The van der Waals surface area contributed by atoms with E-state index in [-0.39, 0.29) is 5.91 Å². The van der Waals surface area contributed by atoms with Crippen LogP contribution in [0, 0.1) is 0 Å². The molecule has 17 heavy (non-hydrogen) atoms. The first-order valence-electron chi connectivity index (χ1n) is 5.00. The smallest absolute Gasteiger partial charge is 0.252 e. The zero-order chi connectivity index (χ0) is 13.0. The minimum atomic E-state index is -0.639. The number of nitrogens with two attached hydrogens (primary N) is 1. The molecule has 0 radical (unpaired) electrons. The second kappa shape index (κ2) is 6.16. The fourth-order valence-electron chi connectivity index (χ4n) is 1.30. The fourth-order valence-corrected chi connectivity index (χ4v) is 2.59. The van der Waals surface area contributed by atoms with Crippen LogP contribution >= 0.6 is 31.9 Å². The Balaban J connectivity index is 2.86. The quantitative estimate of drug-likeness (QED) is 0.860. The number of primary amides is 1. The molecule has 1 atom stereocenters. The maximum Gasteiger partial charge on any atom is 0.252 e. The van der Waals surface area contributed by atoms with Gasteiger partial charge in [0, 0.05) is 14.5 Å². The first kappa shape index (κ1) is 14.2. The van der Waals surface area contributed by atoms with Crippen molar-refractivity contribution in [3.63, 3.8) is 0 Å². The van der Waals surface area contributed by atoms with Crippen molar-refractivity contribution < 1.29 is 9.59 Å². The molecule has 1 aromatic carbocycles. The number of hydrogen-bond acceptors (Lipinski definition) is 2. The predicted octanol–water partition coefficient (Wildman–Crippen LogP) is 2.21. The summed E-state index contributed by atoms with van der Waals surface area (Å²) in [6.07, 6.45) is 0.468.